The van der Waals surface area contributed by atoms with Crippen molar-refractivity contribution >= 4 is 31.6 Å². The van der Waals surface area contributed by atoms with Crippen LogP contribution >= 0.6 is 15.9 Å². The zero-order chi connectivity index (χ0) is 13.9. The van der Waals surface area contributed by atoms with Gasteiger partial charge in [0.1, 0.15) is 4.90 Å². The van der Waals surface area contributed by atoms with Crippen molar-refractivity contribution < 1.29 is 8.42 Å². The maximum absolute atomic E-state index is 12.2. The van der Waals surface area contributed by atoms with Crippen molar-refractivity contribution in [2.24, 2.45) is 0 Å². The second-order valence-electron chi connectivity index (χ2n) is 4.42. The monoisotopic (exact) mass is 334 g/mol. The van der Waals surface area contributed by atoms with Crippen LogP contribution in [0.5, 0.6) is 0 Å². The van der Waals surface area contributed by atoms with E-state index < -0.39 is 10.0 Å². The summed E-state index contributed by atoms with van der Waals surface area (Å²) in [4.78, 5) is 2.57. The first-order valence-electron chi connectivity index (χ1n) is 5.63. The van der Waals surface area contributed by atoms with Gasteiger partial charge >= 0.3 is 0 Å². The SMILES string of the molecule is CC(Br)CN(C)c1ccccc1S(=O)(=O)N(C)C. The Morgan fingerprint density at radius 3 is 2.28 bits per heavy atom. The zero-order valence-corrected chi connectivity index (χ0v) is 13.5. The Morgan fingerprint density at radius 2 is 1.78 bits per heavy atom. The minimum atomic E-state index is -3.41. The van der Waals surface area contributed by atoms with Crippen LogP contribution in [0, 0.1) is 0 Å². The Morgan fingerprint density at radius 1 is 1.22 bits per heavy atom. The van der Waals surface area contributed by atoms with E-state index in [4.69, 9.17) is 0 Å². The normalized spacial score (nSPS) is 13.7. The summed E-state index contributed by atoms with van der Waals surface area (Å²) in [5.74, 6) is 0. The number of benzene rings is 1. The molecule has 6 heteroatoms. The number of sulfonamides is 1. The standard InChI is InChI=1S/C12H19BrN2O2S/c1-10(13)9-15(4)11-7-5-6-8-12(11)18(16,17)14(2)3/h5-8,10H,9H2,1-4H3. The number of para-hydroxylation sites is 1. The van der Waals surface area contributed by atoms with Gasteiger partial charge < -0.3 is 4.90 Å². The molecule has 0 spiro atoms. The summed E-state index contributed by atoms with van der Waals surface area (Å²) in [6, 6.07) is 7.05. The van der Waals surface area contributed by atoms with E-state index in [0.717, 1.165) is 12.2 Å². The molecule has 0 bridgehead atoms. The molecule has 1 unspecified atom stereocenters. The summed E-state index contributed by atoms with van der Waals surface area (Å²) in [6.07, 6.45) is 0. The van der Waals surface area contributed by atoms with Gasteiger partial charge in [-0.2, -0.15) is 0 Å². The van der Waals surface area contributed by atoms with Crippen LogP contribution in [0.25, 0.3) is 0 Å². The summed E-state index contributed by atoms with van der Waals surface area (Å²) in [5.41, 5.74) is 0.720. The van der Waals surface area contributed by atoms with Crippen LogP contribution in [0.2, 0.25) is 0 Å². The molecule has 0 saturated heterocycles. The Hall–Kier alpha value is -0.590. The maximum atomic E-state index is 12.2. The van der Waals surface area contributed by atoms with E-state index in [1.807, 2.05) is 31.0 Å². The summed E-state index contributed by atoms with van der Waals surface area (Å²) >= 11 is 3.47. The van der Waals surface area contributed by atoms with Crippen molar-refractivity contribution in [3.8, 4) is 0 Å². The topological polar surface area (TPSA) is 40.6 Å². The van der Waals surface area contributed by atoms with E-state index in [1.54, 1.807) is 26.2 Å². The third kappa shape index (κ3) is 3.46. The fourth-order valence-electron chi connectivity index (χ4n) is 1.66. The molecule has 0 saturated carbocycles. The molecular weight excluding hydrogens is 316 g/mol. The van der Waals surface area contributed by atoms with E-state index >= 15 is 0 Å². The summed E-state index contributed by atoms with van der Waals surface area (Å²) in [5, 5.41) is 0. The van der Waals surface area contributed by atoms with Crippen molar-refractivity contribution in [1.29, 1.82) is 0 Å². The lowest BCUT2D eigenvalue weighted by Crippen LogP contribution is -2.28. The van der Waals surface area contributed by atoms with Gasteiger partial charge in [0.05, 0.1) is 5.69 Å². The van der Waals surface area contributed by atoms with Gasteiger partial charge in [-0.05, 0) is 12.1 Å². The highest BCUT2D eigenvalue weighted by molar-refractivity contribution is 9.09. The van der Waals surface area contributed by atoms with E-state index in [0.29, 0.717) is 4.90 Å². The zero-order valence-electron chi connectivity index (χ0n) is 11.1. The van der Waals surface area contributed by atoms with Gasteiger partial charge in [0, 0.05) is 32.5 Å². The van der Waals surface area contributed by atoms with Gasteiger partial charge in [-0.15, -0.1) is 0 Å². The molecule has 0 aliphatic carbocycles. The molecule has 1 rings (SSSR count). The third-order valence-corrected chi connectivity index (χ3v) is 4.71. The molecule has 1 aromatic carbocycles. The highest BCUT2D eigenvalue weighted by Crippen LogP contribution is 2.26. The van der Waals surface area contributed by atoms with E-state index in [9.17, 15) is 8.42 Å². The summed E-state index contributed by atoms with van der Waals surface area (Å²) in [7, 11) is 1.56. The first-order valence-corrected chi connectivity index (χ1v) is 7.99. The van der Waals surface area contributed by atoms with Crippen molar-refractivity contribution in [3.63, 3.8) is 0 Å². The molecule has 0 aliphatic rings. The molecule has 4 nitrogen and oxygen atoms in total. The first-order chi connectivity index (χ1) is 8.26. The fourth-order valence-corrected chi connectivity index (χ4v) is 3.23. The van der Waals surface area contributed by atoms with E-state index in [2.05, 4.69) is 15.9 Å². The van der Waals surface area contributed by atoms with E-state index in [-0.39, 0.29) is 4.83 Å². The third-order valence-electron chi connectivity index (χ3n) is 2.56. The number of anilines is 1. The lowest BCUT2D eigenvalue weighted by Gasteiger charge is -2.24. The molecule has 1 atom stereocenters. The Labute approximate surface area is 118 Å². The van der Waals surface area contributed by atoms with Crippen LogP contribution in [0.15, 0.2) is 29.2 Å². The lowest BCUT2D eigenvalue weighted by molar-refractivity contribution is 0.520. The molecule has 0 aliphatic heterocycles. The average Bonchev–Trinajstić information content (AvgIpc) is 2.27. The number of halogens is 1. The Kier molecular flexibility index (Phi) is 5.19. The van der Waals surface area contributed by atoms with Crippen LogP contribution < -0.4 is 4.90 Å². The molecule has 102 valence electrons. The predicted octanol–water partition coefficient (Wildman–Crippen LogP) is 2.16. The molecule has 0 amide bonds. The number of nitrogens with zero attached hydrogens (tertiary/aromatic N) is 2. The second-order valence-corrected chi connectivity index (χ2v) is 8.10. The van der Waals surface area contributed by atoms with E-state index in [1.165, 1.54) is 4.31 Å². The van der Waals surface area contributed by atoms with Crippen molar-refractivity contribution in [1.82, 2.24) is 4.31 Å². The fraction of sp³-hybridized carbons (Fsp3) is 0.500. The first kappa shape index (κ1) is 15.5. The predicted molar refractivity (Wildman–Crippen MR) is 79.0 cm³/mol. The lowest BCUT2D eigenvalue weighted by atomic mass is 10.3. The van der Waals surface area contributed by atoms with Crippen molar-refractivity contribution in [2.45, 2.75) is 16.6 Å². The second kappa shape index (κ2) is 6.04. The smallest absolute Gasteiger partial charge is 0.244 e. The summed E-state index contributed by atoms with van der Waals surface area (Å²) < 4.78 is 25.7. The largest absolute Gasteiger partial charge is 0.372 e. The Balaban J connectivity index is 3.23. The molecule has 0 radical (unpaired) electrons. The number of hydrogen-bond donors (Lipinski definition) is 0. The van der Waals surface area contributed by atoms with Crippen LogP contribution in [0.1, 0.15) is 6.92 Å². The minimum absolute atomic E-state index is 0.289. The molecule has 18 heavy (non-hydrogen) atoms. The van der Waals surface area contributed by atoms with Crippen molar-refractivity contribution in [3.05, 3.63) is 24.3 Å². The van der Waals surface area contributed by atoms with Crippen LogP contribution in [0.3, 0.4) is 0 Å². The number of rotatable bonds is 5. The molecule has 0 aromatic heterocycles. The molecule has 0 fully saturated rings. The van der Waals surface area contributed by atoms with Gasteiger partial charge in [0.2, 0.25) is 10.0 Å². The van der Waals surface area contributed by atoms with Crippen LogP contribution in [-0.2, 0) is 10.0 Å². The maximum Gasteiger partial charge on any atom is 0.244 e. The summed E-state index contributed by atoms with van der Waals surface area (Å²) in [6.45, 7) is 2.76. The number of hydrogen-bond acceptors (Lipinski definition) is 3. The minimum Gasteiger partial charge on any atom is -0.372 e. The number of alkyl halides is 1. The van der Waals surface area contributed by atoms with Crippen molar-refractivity contribution in [2.75, 3.05) is 32.6 Å². The van der Waals surface area contributed by atoms with Crippen LogP contribution in [-0.4, -0.2) is 45.2 Å². The van der Waals surface area contributed by atoms with Crippen LogP contribution in [0.4, 0.5) is 5.69 Å². The van der Waals surface area contributed by atoms with Gasteiger partial charge in [-0.3, -0.25) is 0 Å². The molecule has 0 heterocycles. The highest BCUT2D eigenvalue weighted by Gasteiger charge is 2.22. The van der Waals surface area contributed by atoms with Gasteiger partial charge in [0.15, 0.2) is 0 Å². The molecular formula is C12H19BrN2O2S. The average molecular weight is 335 g/mol. The molecule has 0 N–H and O–H groups in total. The molecule has 1 aromatic rings. The Bertz CT molecular complexity index is 501. The quantitative estimate of drug-likeness (QED) is 0.775. The highest BCUT2D eigenvalue weighted by atomic mass is 79.9. The van der Waals surface area contributed by atoms with Gasteiger partial charge in [-0.1, -0.05) is 35.0 Å². The van der Waals surface area contributed by atoms with Gasteiger partial charge in [0.25, 0.3) is 0 Å². The van der Waals surface area contributed by atoms with Gasteiger partial charge in [-0.25, -0.2) is 12.7 Å².